The highest BCUT2D eigenvalue weighted by atomic mass is 16.3. The smallest absolute Gasteiger partial charge is 0.237 e. The number of piperazine rings is 1. The fraction of sp³-hybridized carbons (Fsp3) is 0.933. The summed E-state index contributed by atoms with van der Waals surface area (Å²) in [6, 6.07) is 0.524. The highest BCUT2D eigenvalue weighted by Crippen LogP contribution is 2.15. The van der Waals surface area contributed by atoms with E-state index in [4.69, 9.17) is 0 Å². The van der Waals surface area contributed by atoms with Gasteiger partial charge in [0.2, 0.25) is 5.91 Å². The normalized spacial score (nSPS) is 24.6. The summed E-state index contributed by atoms with van der Waals surface area (Å²) in [6.45, 7) is 13.4. The Hall–Kier alpha value is -0.650. The van der Waals surface area contributed by atoms with E-state index in [1.54, 1.807) is 0 Å². The number of nitrogens with zero attached hydrogens (tertiary/aromatic N) is 2. The summed E-state index contributed by atoms with van der Waals surface area (Å²) in [5, 5.41) is 12.5. The molecule has 1 heterocycles. The Bertz CT molecular complexity index is 307. The number of aliphatic hydroxyl groups excluding tert-OH is 1. The standard InChI is InChI=1S/C15H31N3O2/c1-6-14-10-17(7-8-18(14)9-12(4)19)13(5)15(20)16-11(2)3/h11-14,19H,6-10H2,1-5H3,(H,16,20)/t12-,13-,14+/m0/s1. The van der Waals surface area contributed by atoms with E-state index in [2.05, 4.69) is 22.0 Å². The van der Waals surface area contributed by atoms with E-state index in [1.807, 2.05) is 27.7 Å². The van der Waals surface area contributed by atoms with Crippen molar-refractivity contribution in [1.29, 1.82) is 0 Å². The maximum Gasteiger partial charge on any atom is 0.237 e. The van der Waals surface area contributed by atoms with Crippen LogP contribution in [0.25, 0.3) is 0 Å². The quantitative estimate of drug-likeness (QED) is 0.753. The predicted octanol–water partition coefficient (Wildman–Crippen LogP) is 0.677. The first-order valence-electron chi connectivity index (χ1n) is 7.81. The summed E-state index contributed by atoms with van der Waals surface area (Å²) in [5.41, 5.74) is 0. The molecule has 0 aromatic carbocycles. The van der Waals surface area contributed by atoms with E-state index >= 15 is 0 Å². The zero-order chi connectivity index (χ0) is 15.3. The lowest BCUT2D eigenvalue weighted by Gasteiger charge is -2.43. The molecule has 1 saturated heterocycles. The molecule has 0 spiro atoms. The molecular weight excluding hydrogens is 254 g/mol. The van der Waals surface area contributed by atoms with Gasteiger partial charge in [0.1, 0.15) is 0 Å². The monoisotopic (exact) mass is 285 g/mol. The third-order valence-electron chi connectivity index (χ3n) is 3.96. The van der Waals surface area contributed by atoms with Gasteiger partial charge < -0.3 is 10.4 Å². The minimum absolute atomic E-state index is 0.0832. The van der Waals surface area contributed by atoms with Crippen LogP contribution in [-0.2, 0) is 4.79 Å². The van der Waals surface area contributed by atoms with Crippen LogP contribution in [0.4, 0.5) is 0 Å². The number of nitrogens with one attached hydrogen (secondary N) is 1. The van der Waals surface area contributed by atoms with Crippen molar-refractivity contribution in [2.45, 2.75) is 65.3 Å². The number of amides is 1. The minimum atomic E-state index is -0.294. The summed E-state index contributed by atoms with van der Waals surface area (Å²) in [7, 11) is 0. The SMILES string of the molecule is CC[C@@H]1CN([C@@H](C)C(=O)NC(C)C)CCN1C[C@H](C)O. The van der Waals surface area contributed by atoms with E-state index in [0.29, 0.717) is 6.04 Å². The summed E-state index contributed by atoms with van der Waals surface area (Å²) in [6.07, 6.45) is 0.749. The lowest BCUT2D eigenvalue weighted by atomic mass is 10.1. The summed E-state index contributed by atoms with van der Waals surface area (Å²) < 4.78 is 0. The first-order chi connectivity index (χ1) is 9.35. The molecule has 3 atom stereocenters. The average molecular weight is 285 g/mol. The van der Waals surface area contributed by atoms with Crippen LogP contribution in [0.5, 0.6) is 0 Å². The highest BCUT2D eigenvalue weighted by Gasteiger charge is 2.31. The van der Waals surface area contributed by atoms with Crippen LogP contribution in [0.15, 0.2) is 0 Å². The molecule has 0 unspecified atom stereocenters. The molecule has 0 aromatic heterocycles. The van der Waals surface area contributed by atoms with Crippen molar-refractivity contribution in [2.75, 3.05) is 26.2 Å². The summed E-state index contributed by atoms with van der Waals surface area (Å²) in [5.74, 6) is 0.110. The fourth-order valence-corrected chi connectivity index (χ4v) is 2.81. The van der Waals surface area contributed by atoms with Crippen molar-refractivity contribution < 1.29 is 9.90 Å². The Kier molecular flexibility index (Phi) is 6.92. The molecule has 0 saturated carbocycles. The fourth-order valence-electron chi connectivity index (χ4n) is 2.81. The minimum Gasteiger partial charge on any atom is -0.392 e. The molecular formula is C15H31N3O2. The average Bonchev–Trinajstić information content (AvgIpc) is 2.36. The Morgan fingerprint density at radius 2 is 1.95 bits per heavy atom. The van der Waals surface area contributed by atoms with Crippen molar-refractivity contribution in [1.82, 2.24) is 15.1 Å². The largest absolute Gasteiger partial charge is 0.392 e. The summed E-state index contributed by atoms with van der Waals surface area (Å²) >= 11 is 0. The predicted molar refractivity (Wildman–Crippen MR) is 81.6 cm³/mol. The zero-order valence-corrected chi connectivity index (χ0v) is 13.6. The third-order valence-corrected chi connectivity index (χ3v) is 3.96. The van der Waals surface area contributed by atoms with E-state index < -0.39 is 0 Å². The number of hydrogen-bond acceptors (Lipinski definition) is 4. The van der Waals surface area contributed by atoms with Crippen molar-refractivity contribution in [2.24, 2.45) is 0 Å². The van der Waals surface area contributed by atoms with Gasteiger partial charge in [-0.15, -0.1) is 0 Å². The molecule has 1 amide bonds. The molecule has 5 nitrogen and oxygen atoms in total. The van der Waals surface area contributed by atoms with Gasteiger partial charge in [0.15, 0.2) is 0 Å². The molecule has 0 aliphatic carbocycles. The third kappa shape index (κ3) is 5.04. The van der Waals surface area contributed by atoms with E-state index in [-0.39, 0.29) is 24.1 Å². The Morgan fingerprint density at radius 1 is 1.30 bits per heavy atom. The molecule has 2 N–H and O–H groups in total. The molecule has 20 heavy (non-hydrogen) atoms. The lowest BCUT2D eigenvalue weighted by molar-refractivity contribution is -0.127. The van der Waals surface area contributed by atoms with Gasteiger partial charge in [-0.1, -0.05) is 6.92 Å². The maximum atomic E-state index is 12.1. The first kappa shape index (κ1) is 17.4. The van der Waals surface area contributed by atoms with Crippen molar-refractivity contribution in [3.8, 4) is 0 Å². The Balaban J connectivity index is 2.57. The topological polar surface area (TPSA) is 55.8 Å². The van der Waals surface area contributed by atoms with Crippen LogP contribution in [0.3, 0.4) is 0 Å². The van der Waals surface area contributed by atoms with Crippen molar-refractivity contribution in [3.63, 3.8) is 0 Å². The second-order valence-electron chi connectivity index (χ2n) is 6.24. The molecule has 1 fully saturated rings. The molecule has 0 radical (unpaired) electrons. The van der Waals surface area contributed by atoms with Gasteiger partial charge in [-0.25, -0.2) is 0 Å². The van der Waals surface area contributed by atoms with Crippen LogP contribution < -0.4 is 5.32 Å². The van der Waals surface area contributed by atoms with Gasteiger partial charge in [0, 0.05) is 38.3 Å². The Morgan fingerprint density at radius 3 is 2.45 bits per heavy atom. The van der Waals surface area contributed by atoms with Crippen LogP contribution in [0.2, 0.25) is 0 Å². The van der Waals surface area contributed by atoms with Gasteiger partial charge in [0.25, 0.3) is 0 Å². The second-order valence-corrected chi connectivity index (χ2v) is 6.24. The Labute approximate surface area is 123 Å². The number of hydrogen-bond donors (Lipinski definition) is 2. The van der Waals surface area contributed by atoms with Crippen LogP contribution in [0.1, 0.15) is 41.0 Å². The molecule has 1 rings (SSSR count). The van der Waals surface area contributed by atoms with E-state index in [9.17, 15) is 9.90 Å². The van der Waals surface area contributed by atoms with Gasteiger partial charge in [0.05, 0.1) is 12.1 Å². The first-order valence-corrected chi connectivity index (χ1v) is 7.81. The second kappa shape index (κ2) is 7.96. The van der Waals surface area contributed by atoms with Gasteiger partial charge >= 0.3 is 0 Å². The van der Waals surface area contributed by atoms with Crippen molar-refractivity contribution >= 4 is 5.91 Å². The number of carbonyl (C=O) groups is 1. The molecule has 1 aliphatic heterocycles. The number of rotatable bonds is 6. The van der Waals surface area contributed by atoms with Crippen LogP contribution in [-0.4, -0.2) is 71.2 Å². The van der Waals surface area contributed by atoms with Gasteiger partial charge in [-0.2, -0.15) is 0 Å². The molecule has 0 bridgehead atoms. The number of carbonyl (C=O) groups excluding carboxylic acids is 1. The van der Waals surface area contributed by atoms with Crippen molar-refractivity contribution in [3.05, 3.63) is 0 Å². The van der Waals surface area contributed by atoms with Crippen LogP contribution >= 0.6 is 0 Å². The number of β-amino-alcohol motifs (C(OH)–C–C–N with tert-alkyl or cyclic N) is 1. The molecule has 5 heteroatoms. The van der Waals surface area contributed by atoms with E-state index in [0.717, 1.165) is 32.6 Å². The van der Waals surface area contributed by atoms with Gasteiger partial charge in [-0.05, 0) is 34.1 Å². The zero-order valence-electron chi connectivity index (χ0n) is 13.6. The van der Waals surface area contributed by atoms with E-state index in [1.165, 1.54) is 0 Å². The van der Waals surface area contributed by atoms with Crippen LogP contribution in [0, 0.1) is 0 Å². The van der Waals surface area contributed by atoms with Gasteiger partial charge in [-0.3, -0.25) is 14.6 Å². The maximum absolute atomic E-state index is 12.1. The molecule has 0 aromatic rings. The highest BCUT2D eigenvalue weighted by molar-refractivity contribution is 5.81. The summed E-state index contributed by atoms with van der Waals surface area (Å²) in [4.78, 5) is 16.7. The molecule has 1 aliphatic rings. The lowest BCUT2D eigenvalue weighted by Crippen LogP contribution is -2.59. The molecule has 118 valence electrons. The number of aliphatic hydroxyl groups is 1.